The molecule has 1 saturated heterocycles. The van der Waals surface area contributed by atoms with Gasteiger partial charge in [-0.05, 0) is 31.9 Å². The summed E-state index contributed by atoms with van der Waals surface area (Å²) >= 11 is 0. The van der Waals surface area contributed by atoms with E-state index in [4.69, 9.17) is 18.4 Å². The Morgan fingerprint density at radius 1 is 0.967 bits per heavy atom. The van der Waals surface area contributed by atoms with E-state index < -0.39 is 47.4 Å². The van der Waals surface area contributed by atoms with Crippen LogP contribution < -0.4 is 0 Å². The van der Waals surface area contributed by atoms with Gasteiger partial charge in [-0.1, -0.05) is 44.4 Å². The molecule has 1 aliphatic heterocycles. The van der Waals surface area contributed by atoms with Gasteiger partial charge in [0, 0.05) is 13.2 Å². The van der Waals surface area contributed by atoms with E-state index in [0.717, 1.165) is 31.2 Å². The number of hydrogen-bond acceptors (Lipinski definition) is 8. The largest absolute Gasteiger partial charge is 0.387 e. The second kappa shape index (κ2) is 12.1. The maximum atomic E-state index is 12.4. The van der Waals surface area contributed by atoms with Crippen molar-refractivity contribution in [1.82, 2.24) is 0 Å². The Kier molecular flexibility index (Phi) is 10.2. The Hall–Kier alpha value is -1.07. The van der Waals surface area contributed by atoms with Crippen molar-refractivity contribution in [2.45, 2.75) is 82.1 Å². The van der Waals surface area contributed by atoms with Gasteiger partial charge in [-0.3, -0.25) is 4.18 Å². The first-order chi connectivity index (χ1) is 14.3. The number of ether oxygens (including phenoxy) is 3. The first kappa shape index (κ1) is 25.2. The van der Waals surface area contributed by atoms with Crippen LogP contribution in [0.3, 0.4) is 0 Å². The van der Waals surface area contributed by atoms with Crippen molar-refractivity contribution in [3.8, 4) is 0 Å². The average Bonchev–Trinajstić information content (AvgIpc) is 2.71. The highest BCUT2D eigenvalue weighted by Crippen LogP contribution is 2.26. The Balaban J connectivity index is 2.06. The summed E-state index contributed by atoms with van der Waals surface area (Å²) in [5.74, 6) is 0. The fourth-order valence-electron chi connectivity index (χ4n) is 3.07. The summed E-state index contributed by atoms with van der Waals surface area (Å²) in [6, 6.07) is 6.24. The molecule has 1 aliphatic rings. The second-order valence-electron chi connectivity index (χ2n) is 7.49. The van der Waals surface area contributed by atoms with E-state index in [-0.39, 0.29) is 4.90 Å². The van der Waals surface area contributed by atoms with Gasteiger partial charge in [0.05, 0.1) is 11.5 Å². The molecule has 1 heterocycles. The number of aryl methyl sites for hydroxylation is 1. The van der Waals surface area contributed by atoms with Gasteiger partial charge >= 0.3 is 0 Å². The molecule has 0 bridgehead atoms. The van der Waals surface area contributed by atoms with E-state index in [1.54, 1.807) is 12.1 Å². The third kappa shape index (κ3) is 6.98. The Labute approximate surface area is 179 Å². The van der Waals surface area contributed by atoms with Crippen LogP contribution in [0, 0.1) is 6.92 Å². The van der Waals surface area contributed by atoms with Crippen molar-refractivity contribution in [2.24, 2.45) is 0 Å². The van der Waals surface area contributed by atoms with Gasteiger partial charge in [0.15, 0.2) is 6.29 Å². The molecule has 2 N–H and O–H groups in total. The maximum Gasteiger partial charge on any atom is 0.297 e. The molecule has 0 aliphatic carbocycles. The molecule has 8 nitrogen and oxygen atoms in total. The quantitative estimate of drug-likeness (QED) is 0.371. The molecule has 0 spiro atoms. The summed E-state index contributed by atoms with van der Waals surface area (Å²) < 4.78 is 46.9. The number of unbranched alkanes of at least 4 members (excludes halogenated alkanes) is 2. The fraction of sp³-hybridized carbons (Fsp3) is 0.714. The molecule has 172 valence electrons. The van der Waals surface area contributed by atoms with Crippen molar-refractivity contribution >= 4 is 10.1 Å². The summed E-state index contributed by atoms with van der Waals surface area (Å²) in [5.41, 5.74) is 0.921. The highest BCUT2D eigenvalue weighted by molar-refractivity contribution is 7.86. The van der Waals surface area contributed by atoms with Crippen LogP contribution in [0.4, 0.5) is 0 Å². The summed E-state index contributed by atoms with van der Waals surface area (Å²) in [6.07, 6.45) is -1.99. The van der Waals surface area contributed by atoms with Crippen molar-refractivity contribution in [3.63, 3.8) is 0 Å². The fourth-order valence-corrected chi connectivity index (χ4v) is 3.99. The maximum absolute atomic E-state index is 12.4. The number of aliphatic hydroxyl groups is 2. The lowest BCUT2D eigenvalue weighted by Crippen LogP contribution is -2.60. The Morgan fingerprint density at radius 2 is 1.53 bits per heavy atom. The minimum atomic E-state index is -4.03. The molecule has 5 unspecified atom stereocenters. The number of hydrogen-bond donors (Lipinski definition) is 2. The molecule has 0 aromatic heterocycles. The molecular formula is C21H34O8S. The van der Waals surface area contributed by atoms with Gasteiger partial charge in [0.25, 0.3) is 10.1 Å². The van der Waals surface area contributed by atoms with Crippen LogP contribution in [-0.2, 0) is 28.5 Å². The number of rotatable bonds is 12. The summed E-state index contributed by atoms with van der Waals surface area (Å²) in [4.78, 5) is 0.00969. The predicted molar refractivity (Wildman–Crippen MR) is 110 cm³/mol. The van der Waals surface area contributed by atoms with Gasteiger partial charge in [0.2, 0.25) is 0 Å². The van der Waals surface area contributed by atoms with Crippen LogP contribution in [0.1, 0.15) is 45.1 Å². The van der Waals surface area contributed by atoms with Crippen molar-refractivity contribution in [2.75, 3.05) is 19.8 Å². The standard InChI is InChI=1S/C21H34O8S/c1-4-6-12-26-19-18(22)17(29-21(23)20(19)27-13-7-5-2)14-28-30(24,25)16-10-8-15(3)9-11-16/h8-11,17-23H,4-7,12-14H2,1-3H3. The normalized spacial score (nSPS) is 27.3. The molecule has 0 amide bonds. The topological polar surface area (TPSA) is 112 Å². The summed E-state index contributed by atoms with van der Waals surface area (Å²) in [5, 5.41) is 21.2. The molecule has 9 heteroatoms. The highest BCUT2D eigenvalue weighted by Gasteiger charge is 2.46. The van der Waals surface area contributed by atoms with Gasteiger partial charge in [-0.25, -0.2) is 0 Å². The summed E-state index contributed by atoms with van der Waals surface area (Å²) in [6.45, 7) is 6.20. The van der Waals surface area contributed by atoms with E-state index >= 15 is 0 Å². The average molecular weight is 447 g/mol. The molecule has 2 rings (SSSR count). The van der Waals surface area contributed by atoms with Crippen LogP contribution in [0.15, 0.2) is 29.2 Å². The van der Waals surface area contributed by atoms with Crippen molar-refractivity contribution < 1.29 is 37.0 Å². The zero-order valence-corrected chi connectivity index (χ0v) is 18.7. The SMILES string of the molecule is CCCCOC1C(O)OC(COS(=O)(=O)c2ccc(C)cc2)C(O)C1OCCCC. The van der Waals surface area contributed by atoms with Gasteiger partial charge in [-0.2, -0.15) is 8.42 Å². The Bertz CT molecular complexity index is 721. The first-order valence-corrected chi connectivity index (χ1v) is 11.9. The van der Waals surface area contributed by atoms with E-state index in [9.17, 15) is 18.6 Å². The zero-order valence-electron chi connectivity index (χ0n) is 17.9. The molecule has 5 atom stereocenters. The van der Waals surface area contributed by atoms with Gasteiger partial charge < -0.3 is 24.4 Å². The molecule has 30 heavy (non-hydrogen) atoms. The lowest BCUT2D eigenvalue weighted by Gasteiger charge is -2.42. The van der Waals surface area contributed by atoms with Crippen LogP contribution in [-0.4, -0.2) is 69.2 Å². The van der Waals surface area contributed by atoms with Crippen LogP contribution in [0.2, 0.25) is 0 Å². The van der Waals surface area contributed by atoms with E-state index in [2.05, 4.69) is 0 Å². The van der Waals surface area contributed by atoms with Crippen molar-refractivity contribution in [3.05, 3.63) is 29.8 Å². The van der Waals surface area contributed by atoms with Gasteiger partial charge in [-0.15, -0.1) is 0 Å². The van der Waals surface area contributed by atoms with Crippen LogP contribution >= 0.6 is 0 Å². The minimum absolute atomic E-state index is 0.00969. The third-order valence-electron chi connectivity index (χ3n) is 4.95. The van der Waals surface area contributed by atoms with E-state index in [1.165, 1.54) is 12.1 Å². The summed E-state index contributed by atoms with van der Waals surface area (Å²) in [7, 11) is -4.03. The molecule has 0 radical (unpaired) electrons. The second-order valence-corrected chi connectivity index (χ2v) is 9.10. The van der Waals surface area contributed by atoms with Crippen molar-refractivity contribution in [1.29, 1.82) is 0 Å². The molecular weight excluding hydrogens is 412 g/mol. The van der Waals surface area contributed by atoms with E-state index in [0.29, 0.717) is 13.2 Å². The number of aliphatic hydroxyl groups excluding tert-OH is 2. The third-order valence-corrected chi connectivity index (χ3v) is 6.25. The highest BCUT2D eigenvalue weighted by atomic mass is 32.2. The van der Waals surface area contributed by atoms with Gasteiger partial charge in [0.1, 0.15) is 24.4 Å². The molecule has 1 aromatic rings. The zero-order chi connectivity index (χ0) is 22.1. The molecule has 0 saturated carbocycles. The molecule has 1 aromatic carbocycles. The molecule has 1 fully saturated rings. The number of benzene rings is 1. The van der Waals surface area contributed by atoms with Crippen LogP contribution in [0.25, 0.3) is 0 Å². The lowest BCUT2D eigenvalue weighted by molar-refractivity contribution is -0.302. The monoisotopic (exact) mass is 446 g/mol. The smallest absolute Gasteiger partial charge is 0.297 e. The predicted octanol–water partition coefficient (Wildman–Crippen LogP) is 2.15. The minimum Gasteiger partial charge on any atom is -0.387 e. The van der Waals surface area contributed by atoms with E-state index in [1.807, 2.05) is 20.8 Å². The first-order valence-electron chi connectivity index (χ1n) is 10.5. The lowest BCUT2D eigenvalue weighted by atomic mass is 9.98. The van der Waals surface area contributed by atoms with Crippen LogP contribution in [0.5, 0.6) is 0 Å². The Morgan fingerprint density at radius 3 is 2.10 bits per heavy atom.